The number of nitrogens with one attached hydrogen (secondary N) is 1. The lowest BCUT2D eigenvalue weighted by atomic mass is 10.0. The molecular formula is C18H18F3NO3S. The third kappa shape index (κ3) is 5.08. The van der Waals surface area contributed by atoms with Gasteiger partial charge < -0.3 is 10.1 Å². The fourth-order valence-corrected chi connectivity index (χ4v) is 2.91. The lowest BCUT2D eigenvalue weighted by Crippen LogP contribution is -2.45. The minimum atomic E-state index is -4.53. The van der Waals surface area contributed by atoms with Crippen LogP contribution in [0.5, 0.6) is 0 Å². The monoisotopic (exact) mass is 385 g/mol. The summed E-state index contributed by atoms with van der Waals surface area (Å²) >= 11 is 1.22. The van der Waals surface area contributed by atoms with Gasteiger partial charge in [-0.2, -0.15) is 13.2 Å². The largest absolute Gasteiger partial charge is 0.459 e. The molecule has 0 spiro atoms. The first kappa shape index (κ1) is 20.0. The van der Waals surface area contributed by atoms with Gasteiger partial charge in [-0.05, 0) is 23.4 Å². The van der Waals surface area contributed by atoms with Gasteiger partial charge in [-0.3, -0.25) is 4.79 Å². The lowest BCUT2D eigenvalue weighted by molar-refractivity contribution is -0.150. The molecule has 1 aromatic heterocycles. The molecule has 0 saturated carbocycles. The molecule has 1 amide bonds. The van der Waals surface area contributed by atoms with Crippen LogP contribution in [0.25, 0.3) is 0 Å². The minimum Gasteiger partial charge on any atom is -0.459 e. The van der Waals surface area contributed by atoms with Crippen LogP contribution in [0.1, 0.15) is 34.6 Å². The van der Waals surface area contributed by atoms with E-state index in [1.807, 2.05) is 0 Å². The normalized spacial score (nSPS) is 12.7. The van der Waals surface area contributed by atoms with Crippen LogP contribution in [0, 0.1) is 5.92 Å². The fourth-order valence-electron chi connectivity index (χ4n) is 2.28. The number of benzene rings is 1. The number of thiophene rings is 1. The van der Waals surface area contributed by atoms with Crippen LogP contribution in [0.3, 0.4) is 0 Å². The molecule has 140 valence electrons. The van der Waals surface area contributed by atoms with Gasteiger partial charge >= 0.3 is 12.1 Å². The molecule has 0 bridgehead atoms. The highest BCUT2D eigenvalue weighted by Gasteiger charge is 2.33. The minimum absolute atomic E-state index is 0.138. The van der Waals surface area contributed by atoms with Gasteiger partial charge in [-0.1, -0.05) is 38.1 Å². The van der Waals surface area contributed by atoms with E-state index in [0.29, 0.717) is 4.88 Å². The third-order valence-corrected chi connectivity index (χ3v) is 4.51. The van der Waals surface area contributed by atoms with Crippen molar-refractivity contribution in [2.45, 2.75) is 32.7 Å². The number of halogens is 3. The molecule has 1 heterocycles. The Kier molecular flexibility index (Phi) is 6.42. The van der Waals surface area contributed by atoms with Crippen molar-refractivity contribution in [1.82, 2.24) is 5.32 Å². The molecule has 8 heteroatoms. The predicted octanol–water partition coefficient (Wildman–Crippen LogP) is 4.26. The topological polar surface area (TPSA) is 55.4 Å². The molecule has 2 rings (SSSR count). The molecule has 2 aromatic rings. The summed E-state index contributed by atoms with van der Waals surface area (Å²) in [6.07, 6.45) is -4.53. The third-order valence-electron chi connectivity index (χ3n) is 3.64. The number of esters is 1. The number of hydrogen-bond acceptors (Lipinski definition) is 4. The van der Waals surface area contributed by atoms with Crippen LogP contribution >= 0.6 is 11.3 Å². The molecule has 26 heavy (non-hydrogen) atoms. The number of carbonyl (C=O) groups is 2. The fraction of sp³-hybridized carbons (Fsp3) is 0.333. The maximum absolute atomic E-state index is 13.0. The van der Waals surface area contributed by atoms with E-state index in [2.05, 4.69) is 5.32 Å². The van der Waals surface area contributed by atoms with E-state index in [-0.39, 0.29) is 11.5 Å². The maximum atomic E-state index is 13.0. The van der Waals surface area contributed by atoms with Crippen LogP contribution in [-0.2, 0) is 22.3 Å². The first-order chi connectivity index (χ1) is 12.2. The van der Waals surface area contributed by atoms with Crippen molar-refractivity contribution in [1.29, 1.82) is 0 Å². The summed E-state index contributed by atoms with van der Waals surface area (Å²) in [4.78, 5) is 24.9. The van der Waals surface area contributed by atoms with Crippen LogP contribution in [0.15, 0.2) is 41.8 Å². The zero-order valence-electron chi connectivity index (χ0n) is 14.2. The standard InChI is InChI=1S/C18H18F3NO3S/c1-11(2)15(22-16(23)14-8-5-9-26-14)17(24)25-10-12-6-3-4-7-13(12)18(19,20)21/h3-9,11,15H,10H2,1-2H3,(H,22,23). The Morgan fingerprint density at radius 1 is 1.15 bits per heavy atom. The van der Waals surface area contributed by atoms with Crippen molar-refractivity contribution in [2.24, 2.45) is 5.92 Å². The highest BCUT2D eigenvalue weighted by molar-refractivity contribution is 7.12. The average Bonchev–Trinajstić information content (AvgIpc) is 3.11. The van der Waals surface area contributed by atoms with E-state index in [0.717, 1.165) is 6.07 Å². The van der Waals surface area contributed by atoms with Crippen molar-refractivity contribution in [2.75, 3.05) is 0 Å². The summed E-state index contributed by atoms with van der Waals surface area (Å²) in [6.45, 7) is 2.90. The summed E-state index contributed by atoms with van der Waals surface area (Å²) in [6, 6.07) is 7.26. The highest BCUT2D eigenvalue weighted by atomic mass is 32.1. The van der Waals surface area contributed by atoms with E-state index in [1.54, 1.807) is 31.4 Å². The predicted molar refractivity (Wildman–Crippen MR) is 91.7 cm³/mol. The molecule has 1 N–H and O–H groups in total. The maximum Gasteiger partial charge on any atom is 0.416 e. The summed E-state index contributed by atoms with van der Waals surface area (Å²) in [7, 11) is 0. The number of hydrogen-bond donors (Lipinski definition) is 1. The van der Waals surface area contributed by atoms with Crippen LogP contribution in [0.4, 0.5) is 13.2 Å². The molecule has 0 saturated heterocycles. The molecular weight excluding hydrogens is 367 g/mol. The highest BCUT2D eigenvalue weighted by Crippen LogP contribution is 2.32. The average molecular weight is 385 g/mol. The Hall–Kier alpha value is -2.35. The van der Waals surface area contributed by atoms with Gasteiger partial charge in [-0.15, -0.1) is 11.3 Å². The Morgan fingerprint density at radius 3 is 2.42 bits per heavy atom. The number of carbonyl (C=O) groups excluding carboxylic acids is 2. The molecule has 0 radical (unpaired) electrons. The summed E-state index contributed by atoms with van der Waals surface area (Å²) < 4.78 is 44.0. The Labute approximate surface area is 153 Å². The Balaban J connectivity index is 2.06. The smallest absolute Gasteiger partial charge is 0.416 e. The van der Waals surface area contributed by atoms with Crippen molar-refractivity contribution < 1.29 is 27.5 Å². The Bertz CT molecular complexity index is 757. The van der Waals surface area contributed by atoms with Crippen LogP contribution in [0.2, 0.25) is 0 Å². The zero-order valence-corrected chi connectivity index (χ0v) is 15.0. The number of ether oxygens (including phenoxy) is 1. The van der Waals surface area contributed by atoms with Crippen molar-refractivity contribution in [3.8, 4) is 0 Å². The summed E-state index contributed by atoms with van der Waals surface area (Å²) in [5.74, 6) is -1.49. The van der Waals surface area contributed by atoms with Gasteiger partial charge in [0.2, 0.25) is 0 Å². The van der Waals surface area contributed by atoms with Gasteiger partial charge in [0.15, 0.2) is 0 Å². The van der Waals surface area contributed by atoms with E-state index in [1.165, 1.54) is 29.5 Å². The van der Waals surface area contributed by atoms with Crippen LogP contribution in [-0.4, -0.2) is 17.9 Å². The van der Waals surface area contributed by atoms with E-state index < -0.39 is 36.3 Å². The van der Waals surface area contributed by atoms with E-state index >= 15 is 0 Å². The van der Waals surface area contributed by atoms with Gasteiger partial charge in [0.25, 0.3) is 5.91 Å². The van der Waals surface area contributed by atoms with Crippen molar-refractivity contribution >= 4 is 23.2 Å². The molecule has 0 aliphatic rings. The molecule has 1 atom stereocenters. The Morgan fingerprint density at radius 2 is 1.85 bits per heavy atom. The SMILES string of the molecule is CC(C)C(NC(=O)c1cccs1)C(=O)OCc1ccccc1C(F)(F)F. The van der Waals surface area contributed by atoms with Gasteiger partial charge in [0.05, 0.1) is 10.4 Å². The quantitative estimate of drug-likeness (QED) is 0.756. The second-order valence-electron chi connectivity index (χ2n) is 5.94. The van der Waals surface area contributed by atoms with Crippen molar-refractivity contribution in [3.05, 3.63) is 57.8 Å². The molecule has 0 aliphatic heterocycles. The molecule has 0 fully saturated rings. The number of rotatable bonds is 6. The molecule has 1 unspecified atom stereocenters. The molecule has 0 aliphatic carbocycles. The number of alkyl halides is 3. The van der Waals surface area contributed by atoms with Gasteiger partial charge in [0, 0.05) is 5.56 Å². The summed E-state index contributed by atoms with van der Waals surface area (Å²) in [5, 5.41) is 4.30. The van der Waals surface area contributed by atoms with Crippen molar-refractivity contribution in [3.63, 3.8) is 0 Å². The lowest BCUT2D eigenvalue weighted by Gasteiger charge is -2.21. The van der Waals surface area contributed by atoms with Gasteiger partial charge in [0.1, 0.15) is 12.6 Å². The van der Waals surface area contributed by atoms with E-state index in [9.17, 15) is 22.8 Å². The second-order valence-corrected chi connectivity index (χ2v) is 6.88. The summed E-state index contributed by atoms with van der Waals surface area (Å²) in [5.41, 5.74) is -0.989. The first-order valence-electron chi connectivity index (χ1n) is 7.86. The zero-order chi connectivity index (χ0) is 19.3. The number of amides is 1. The van der Waals surface area contributed by atoms with Gasteiger partial charge in [-0.25, -0.2) is 4.79 Å². The second kappa shape index (κ2) is 8.35. The van der Waals surface area contributed by atoms with Crippen LogP contribution < -0.4 is 5.32 Å². The molecule has 1 aromatic carbocycles. The molecule has 4 nitrogen and oxygen atoms in total. The van der Waals surface area contributed by atoms with E-state index in [4.69, 9.17) is 4.74 Å². The first-order valence-corrected chi connectivity index (χ1v) is 8.74.